The van der Waals surface area contributed by atoms with Crippen LogP contribution in [-0.2, 0) is 0 Å². The normalized spacial score (nSPS) is 11.0. The average Bonchev–Trinajstić information content (AvgIpc) is 2.80. The van der Waals surface area contributed by atoms with Crippen LogP contribution in [0.15, 0.2) is 54.9 Å². The van der Waals surface area contributed by atoms with E-state index in [-0.39, 0.29) is 5.56 Å². The maximum atomic E-state index is 14.5. The van der Waals surface area contributed by atoms with Gasteiger partial charge in [-0.3, -0.25) is 4.98 Å². The molecule has 0 spiro atoms. The van der Waals surface area contributed by atoms with E-state index in [1.54, 1.807) is 31.6 Å². The van der Waals surface area contributed by atoms with Gasteiger partial charge >= 0.3 is 0 Å². The molecule has 0 aliphatic carbocycles. The minimum Gasteiger partial charge on any atom is -0.491 e. The van der Waals surface area contributed by atoms with Crippen LogP contribution in [0.4, 0.5) is 14.6 Å². The summed E-state index contributed by atoms with van der Waals surface area (Å²) < 4.78 is 34.4. The predicted molar refractivity (Wildman–Crippen MR) is 118 cm³/mol. The summed E-state index contributed by atoms with van der Waals surface area (Å²) in [6.45, 7) is 2.56. The monoisotopic (exact) mass is 420 g/mol. The van der Waals surface area contributed by atoms with Crippen molar-refractivity contribution in [1.82, 2.24) is 15.0 Å². The van der Waals surface area contributed by atoms with Crippen LogP contribution in [0.3, 0.4) is 0 Å². The number of halogens is 2. The lowest BCUT2D eigenvalue weighted by atomic mass is 10.0. The van der Waals surface area contributed by atoms with Crippen molar-refractivity contribution in [3.63, 3.8) is 0 Å². The van der Waals surface area contributed by atoms with Crippen molar-refractivity contribution in [2.45, 2.75) is 19.8 Å². The highest BCUT2D eigenvalue weighted by atomic mass is 19.1. The Hall–Kier alpha value is -3.61. The number of nitrogens with one attached hydrogen (secondary N) is 1. The summed E-state index contributed by atoms with van der Waals surface area (Å²) in [7, 11) is 1.75. The van der Waals surface area contributed by atoms with E-state index < -0.39 is 11.6 Å². The molecule has 2 heterocycles. The lowest BCUT2D eigenvalue weighted by Gasteiger charge is -2.15. The number of ether oxygens (including phenoxy) is 1. The second-order valence-corrected chi connectivity index (χ2v) is 7.08. The van der Waals surface area contributed by atoms with Gasteiger partial charge < -0.3 is 10.1 Å². The Morgan fingerprint density at radius 3 is 2.65 bits per heavy atom. The number of fused-ring (bicyclic) bond motifs is 1. The number of anilines is 1. The van der Waals surface area contributed by atoms with Crippen molar-refractivity contribution >= 4 is 16.7 Å². The van der Waals surface area contributed by atoms with E-state index in [2.05, 4.69) is 22.2 Å². The molecule has 5 nitrogen and oxygen atoms in total. The zero-order valence-corrected chi connectivity index (χ0v) is 17.3. The molecule has 0 amide bonds. The Morgan fingerprint density at radius 2 is 1.90 bits per heavy atom. The molecule has 2 aromatic heterocycles. The van der Waals surface area contributed by atoms with E-state index in [0.717, 1.165) is 30.5 Å². The number of hydrogen-bond donors (Lipinski definition) is 1. The van der Waals surface area contributed by atoms with Crippen LogP contribution in [-0.4, -0.2) is 28.6 Å². The van der Waals surface area contributed by atoms with Gasteiger partial charge in [-0.25, -0.2) is 18.7 Å². The van der Waals surface area contributed by atoms with Crippen LogP contribution in [0.2, 0.25) is 0 Å². The van der Waals surface area contributed by atoms with Crippen LogP contribution >= 0.6 is 0 Å². The highest BCUT2D eigenvalue weighted by Crippen LogP contribution is 2.37. The Balaban J connectivity index is 1.95. The van der Waals surface area contributed by atoms with E-state index >= 15 is 0 Å². The maximum Gasteiger partial charge on any atom is 0.163 e. The molecule has 2 aromatic carbocycles. The van der Waals surface area contributed by atoms with E-state index in [4.69, 9.17) is 9.72 Å². The number of rotatable bonds is 7. The van der Waals surface area contributed by atoms with Gasteiger partial charge in [-0.2, -0.15) is 0 Å². The Bertz CT molecular complexity index is 1220. The Labute approximate surface area is 179 Å². The molecule has 31 heavy (non-hydrogen) atoms. The van der Waals surface area contributed by atoms with Crippen LogP contribution in [0.1, 0.15) is 19.8 Å². The van der Waals surface area contributed by atoms with Gasteiger partial charge in [0.05, 0.1) is 6.61 Å². The fourth-order valence-corrected chi connectivity index (χ4v) is 3.33. The molecule has 0 saturated carbocycles. The average molecular weight is 420 g/mol. The van der Waals surface area contributed by atoms with Crippen LogP contribution in [0.5, 0.6) is 5.75 Å². The second kappa shape index (κ2) is 9.04. The molecule has 1 N–H and O–H groups in total. The molecule has 0 saturated heterocycles. The van der Waals surface area contributed by atoms with E-state index in [9.17, 15) is 8.78 Å². The van der Waals surface area contributed by atoms with Crippen molar-refractivity contribution in [3.05, 3.63) is 66.5 Å². The summed E-state index contributed by atoms with van der Waals surface area (Å²) in [5, 5.41) is 3.74. The van der Waals surface area contributed by atoms with Crippen LogP contribution in [0, 0.1) is 11.6 Å². The Kier molecular flexibility index (Phi) is 6.02. The number of unbranched alkanes of at least 4 members (excludes halogenated alkanes) is 1. The third-order valence-electron chi connectivity index (χ3n) is 4.92. The van der Waals surface area contributed by atoms with Gasteiger partial charge in [0.1, 0.15) is 28.7 Å². The number of aromatic nitrogens is 3. The number of hydrogen-bond acceptors (Lipinski definition) is 5. The zero-order chi connectivity index (χ0) is 21.8. The first-order valence-corrected chi connectivity index (χ1v) is 10.1. The molecule has 0 aliphatic rings. The van der Waals surface area contributed by atoms with Gasteiger partial charge in [-0.05, 0) is 54.4 Å². The molecule has 0 unspecified atom stereocenters. The van der Waals surface area contributed by atoms with Gasteiger partial charge in [-0.1, -0.05) is 13.3 Å². The molecule has 0 atom stereocenters. The first-order chi connectivity index (χ1) is 15.1. The standard InChI is InChI=1S/C24H22F2N4O/c1-3-4-10-31-21-12-16(18-13-17(25)7-8-20(18)26)11-19-22(21)29-23(30-24(19)27-2)15-6-5-9-28-14-15/h5-9,11-14H,3-4,10H2,1-2H3,(H,27,29,30). The summed E-state index contributed by atoms with van der Waals surface area (Å²) in [6.07, 6.45) is 5.20. The van der Waals surface area contributed by atoms with Crippen molar-refractivity contribution in [3.8, 4) is 28.3 Å². The fraction of sp³-hybridized carbons (Fsp3) is 0.208. The summed E-state index contributed by atoms with van der Waals surface area (Å²) >= 11 is 0. The minimum atomic E-state index is -0.515. The second-order valence-electron chi connectivity index (χ2n) is 7.08. The summed E-state index contributed by atoms with van der Waals surface area (Å²) in [6, 6.07) is 10.5. The lowest BCUT2D eigenvalue weighted by molar-refractivity contribution is 0.312. The van der Waals surface area contributed by atoms with Crippen molar-refractivity contribution in [2.75, 3.05) is 19.0 Å². The van der Waals surface area contributed by atoms with Gasteiger partial charge in [0, 0.05) is 36.0 Å². The highest BCUT2D eigenvalue weighted by molar-refractivity contribution is 5.97. The molecule has 0 bridgehead atoms. The van der Waals surface area contributed by atoms with E-state index in [1.807, 2.05) is 12.1 Å². The van der Waals surface area contributed by atoms with Gasteiger partial charge in [0.15, 0.2) is 5.82 Å². The minimum absolute atomic E-state index is 0.153. The fourth-order valence-electron chi connectivity index (χ4n) is 3.33. The molecule has 158 valence electrons. The first kappa shape index (κ1) is 20.7. The van der Waals surface area contributed by atoms with Gasteiger partial charge in [0.2, 0.25) is 0 Å². The molecule has 4 rings (SSSR count). The molecule has 7 heteroatoms. The summed E-state index contributed by atoms with van der Waals surface area (Å²) in [5.41, 5.74) is 2.00. The topological polar surface area (TPSA) is 59.9 Å². The third kappa shape index (κ3) is 4.30. The summed E-state index contributed by atoms with van der Waals surface area (Å²) in [4.78, 5) is 13.5. The molecule has 0 fully saturated rings. The smallest absolute Gasteiger partial charge is 0.163 e. The number of pyridine rings is 1. The molecule has 0 aliphatic heterocycles. The summed E-state index contributed by atoms with van der Waals surface area (Å²) in [5.74, 6) is 0.521. The number of benzene rings is 2. The highest BCUT2D eigenvalue weighted by Gasteiger charge is 2.17. The zero-order valence-electron chi connectivity index (χ0n) is 17.3. The van der Waals surface area contributed by atoms with Gasteiger partial charge in [0.25, 0.3) is 0 Å². The van der Waals surface area contributed by atoms with Gasteiger partial charge in [-0.15, -0.1) is 0 Å². The van der Waals surface area contributed by atoms with E-state index in [1.165, 1.54) is 6.07 Å². The predicted octanol–water partition coefficient (Wildman–Crippen LogP) is 5.86. The SMILES string of the molecule is CCCCOc1cc(-c2cc(F)ccc2F)cc2c(NC)nc(-c3cccnc3)nc12. The van der Waals surface area contributed by atoms with E-state index in [0.29, 0.717) is 40.5 Å². The lowest BCUT2D eigenvalue weighted by Crippen LogP contribution is -2.03. The largest absolute Gasteiger partial charge is 0.491 e. The third-order valence-corrected chi connectivity index (χ3v) is 4.92. The quantitative estimate of drug-likeness (QED) is 0.380. The van der Waals surface area contributed by atoms with Crippen molar-refractivity contribution < 1.29 is 13.5 Å². The maximum absolute atomic E-state index is 14.5. The molecule has 0 radical (unpaired) electrons. The Morgan fingerprint density at radius 1 is 1.03 bits per heavy atom. The first-order valence-electron chi connectivity index (χ1n) is 10.1. The molecular formula is C24H22F2N4O. The van der Waals surface area contributed by atoms with Crippen LogP contribution in [0.25, 0.3) is 33.4 Å². The van der Waals surface area contributed by atoms with Crippen molar-refractivity contribution in [2.24, 2.45) is 0 Å². The van der Waals surface area contributed by atoms with Crippen LogP contribution < -0.4 is 10.1 Å². The molecule has 4 aromatic rings. The molecular weight excluding hydrogens is 398 g/mol. The number of nitrogens with zero attached hydrogens (tertiary/aromatic N) is 3. The van der Waals surface area contributed by atoms with Crippen molar-refractivity contribution in [1.29, 1.82) is 0 Å².